The molecule has 6 nitrogen and oxygen atoms in total. The van der Waals surface area contributed by atoms with Crippen LogP contribution in [0.4, 0.5) is 4.39 Å². The largest absolute Gasteiger partial charge is 0.484 e. The number of hydrogen-bond acceptors (Lipinski definition) is 5. The molecule has 0 aliphatic heterocycles. The number of halogens is 1. The number of rotatable bonds is 6. The number of carbonyl (C=O) groups excluding carboxylic acids is 2. The Balaban J connectivity index is 1.45. The number of carbonyl (C=O) groups is 2. The molecule has 0 unspecified atom stereocenters. The minimum Gasteiger partial charge on any atom is -0.484 e. The smallest absolute Gasteiger partial charge is 0.276 e. The van der Waals surface area contributed by atoms with E-state index in [1.54, 1.807) is 17.5 Å². The second-order valence-corrected chi connectivity index (χ2v) is 7.40. The zero-order chi connectivity index (χ0) is 20.8. The second kappa shape index (κ2) is 9.29. The quantitative estimate of drug-likeness (QED) is 0.608. The third-order valence-corrected chi connectivity index (χ3v) is 4.81. The number of thiazole rings is 1. The molecule has 0 atom stereocenters. The number of amides is 2. The van der Waals surface area contributed by atoms with Crippen molar-refractivity contribution in [1.82, 2.24) is 15.8 Å². The molecule has 1 heterocycles. The van der Waals surface area contributed by atoms with Gasteiger partial charge in [-0.2, -0.15) is 0 Å². The first-order valence-electron chi connectivity index (χ1n) is 8.88. The number of aromatic nitrogens is 1. The summed E-state index contributed by atoms with van der Waals surface area (Å²) >= 11 is 1.32. The van der Waals surface area contributed by atoms with Crippen molar-refractivity contribution in [2.24, 2.45) is 0 Å². The zero-order valence-electron chi connectivity index (χ0n) is 16.0. The lowest BCUT2D eigenvalue weighted by Crippen LogP contribution is -2.44. The van der Waals surface area contributed by atoms with Crippen LogP contribution in [-0.2, 0) is 16.0 Å². The average Bonchev–Trinajstić information content (AvgIpc) is 3.12. The van der Waals surface area contributed by atoms with E-state index in [2.05, 4.69) is 15.8 Å². The van der Waals surface area contributed by atoms with E-state index in [1.165, 1.54) is 23.5 Å². The van der Waals surface area contributed by atoms with Crippen molar-refractivity contribution in [2.75, 3.05) is 6.61 Å². The van der Waals surface area contributed by atoms with Crippen molar-refractivity contribution >= 4 is 23.2 Å². The lowest BCUT2D eigenvalue weighted by molar-refractivity contribution is -0.129. The fraction of sp³-hybridized carbons (Fsp3) is 0.190. The zero-order valence-corrected chi connectivity index (χ0v) is 16.8. The SMILES string of the molecule is Cc1cc(C)cc(OCC(=O)NNC(=O)Cc2csc(-c3cccc(F)c3)n2)c1. The van der Waals surface area contributed by atoms with Crippen LogP contribution in [0.1, 0.15) is 16.8 Å². The molecule has 3 aromatic rings. The number of hydrazine groups is 1. The van der Waals surface area contributed by atoms with E-state index < -0.39 is 11.8 Å². The van der Waals surface area contributed by atoms with Gasteiger partial charge in [-0.1, -0.05) is 18.2 Å². The average molecular weight is 413 g/mol. The van der Waals surface area contributed by atoms with Gasteiger partial charge < -0.3 is 4.74 Å². The molecule has 0 spiro atoms. The molecule has 0 aliphatic rings. The van der Waals surface area contributed by atoms with Crippen LogP contribution in [0.3, 0.4) is 0 Å². The Kier molecular flexibility index (Phi) is 6.56. The fourth-order valence-electron chi connectivity index (χ4n) is 2.69. The predicted molar refractivity (Wildman–Crippen MR) is 109 cm³/mol. The first-order valence-corrected chi connectivity index (χ1v) is 9.76. The van der Waals surface area contributed by atoms with Gasteiger partial charge in [0.25, 0.3) is 5.91 Å². The minimum atomic E-state index is -0.476. The van der Waals surface area contributed by atoms with Crippen LogP contribution in [0.25, 0.3) is 10.6 Å². The Bertz CT molecular complexity index is 1020. The topological polar surface area (TPSA) is 80.3 Å². The summed E-state index contributed by atoms with van der Waals surface area (Å²) in [5.74, 6) is -0.642. The Hall–Kier alpha value is -3.26. The van der Waals surface area contributed by atoms with Crippen molar-refractivity contribution in [3.05, 3.63) is 70.5 Å². The summed E-state index contributed by atoms with van der Waals surface area (Å²) in [7, 11) is 0. The standard InChI is InChI=1S/C21H20FN3O3S/c1-13-6-14(2)8-18(7-13)28-11-20(27)25-24-19(26)10-17-12-29-21(23-17)15-4-3-5-16(22)9-15/h3-9,12H,10-11H2,1-2H3,(H,24,26)(H,25,27). The van der Waals surface area contributed by atoms with Crippen molar-refractivity contribution in [3.8, 4) is 16.3 Å². The number of benzene rings is 2. The lowest BCUT2D eigenvalue weighted by atomic mass is 10.1. The summed E-state index contributed by atoms with van der Waals surface area (Å²) in [6.07, 6.45) is -0.00989. The summed E-state index contributed by atoms with van der Waals surface area (Å²) in [5.41, 5.74) is 7.90. The predicted octanol–water partition coefficient (Wildman–Crippen LogP) is 3.33. The number of ether oxygens (including phenoxy) is 1. The van der Waals surface area contributed by atoms with Crippen molar-refractivity contribution < 1.29 is 18.7 Å². The Morgan fingerprint density at radius 3 is 2.52 bits per heavy atom. The molecule has 3 rings (SSSR count). The molecule has 0 saturated carbocycles. The molecule has 0 aliphatic carbocycles. The summed E-state index contributed by atoms with van der Waals surface area (Å²) in [6.45, 7) is 3.67. The van der Waals surface area contributed by atoms with Gasteiger partial charge >= 0.3 is 0 Å². The lowest BCUT2D eigenvalue weighted by Gasteiger charge is -2.09. The van der Waals surface area contributed by atoms with Crippen LogP contribution >= 0.6 is 11.3 Å². The van der Waals surface area contributed by atoms with E-state index in [0.29, 0.717) is 22.0 Å². The van der Waals surface area contributed by atoms with Gasteiger partial charge in [-0.15, -0.1) is 11.3 Å². The molecule has 2 aromatic carbocycles. The molecule has 29 heavy (non-hydrogen) atoms. The Morgan fingerprint density at radius 1 is 1.07 bits per heavy atom. The Morgan fingerprint density at radius 2 is 1.79 bits per heavy atom. The molecule has 8 heteroatoms. The van der Waals surface area contributed by atoms with Gasteiger partial charge in [-0.05, 0) is 49.2 Å². The molecule has 0 radical (unpaired) electrons. The van der Waals surface area contributed by atoms with Crippen LogP contribution in [0.2, 0.25) is 0 Å². The highest BCUT2D eigenvalue weighted by Crippen LogP contribution is 2.24. The number of nitrogens with zero attached hydrogens (tertiary/aromatic N) is 1. The normalized spacial score (nSPS) is 10.4. The first-order chi connectivity index (χ1) is 13.9. The monoisotopic (exact) mass is 413 g/mol. The highest BCUT2D eigenvalue weighted by Gasteiger charge is 2.11. The number of aryl methyl sites for hydroxylation is 2. The molecule has 0 bridgehead atoms. The van der Waals surface area contributed by atoms with E-state index in [9.17, 15) is 14.0 Å². The molecular weight excluding hydrogens is 393 g/mol. The Labute approximate surface area is 171 Å². The molecule has 0 saturated heterocycles. The summed E-state index contributed by atoms with van der Waals surface area (Å²) < 4.78 is 18.8. The molecule has 1 aromatic heterocycles. The highest BCUT2D eigenvalue weighted by molar-refractivity contribution is 7.13. The van der Waals surface area contributed by atoms with Crippen LogP contribution in [0, 0.1) is 19.7 Å². The van der Waals surface area contributed by atoms with Crippen LogP contribution in [0.5, 0.6) is 5.75 Å². The van der Waals surface area contributed by atoms with Crippen molar-refractivity contribution in [1.29, 1.82) is 0 Å². The highest BCUT2D eigenvalue weighted by atomic mass is 32.1. The summed E-state index contributed by atoms with van der Waals surface area (Å²) in [6, 6.07) is 11.8. The van der Waals surface area contributed by atoms with E-state index in [0.717, 1.165) is 11.1 Å². The van der Waals surface area contributed by atoms with Crippen LogP contribution in [-0.4, -0.2) is 23.4 Å². The van der Waals surface area contributed by atoms with E-state index in [4.69, 9.17) is 4.74 Å². The summed E-state index contributed by atoms with van der Waals surface area (Å²) in [4.78, 5) is 28.2. The maximum atomic E-state index is 13.3. The van der Waals surface area contributed by atoms with Crippen molar-refractivity contribution in [2.45, 2.75) is 20.3 Å². The summed E-state index contributed by atoms with van der Waals surface area (Å²) in [5, 5.41) is 2.35. The van der Waals surface area contributed by atoms with E-state index in [1.807, 2.05) is 32.0 Å². The molecular formula is C21H20FN3O3S. The van der Waals surface area contributed by atoms with Crippen LogP contribution in [0.15, 0.2) is 47.8 Å². The number of hydrogen-bond donors (Lipinski definition) is 2. The molecule has 2 N–H and O–H groups in total. The fourth-order valence-corrected chi connectivity index (χ4v) is 3.51. The number of nitrogens with one attached hydrogen (secondary N) is 2. The molecule has 2 amide bonds. The van der Waals surface area contributed by atoms with Gasteiger partial charge in [0.2, 0.25) is 5.91 Å². The van der Waals surface area contributed by atoms with Crippen LogP contribution < -0.4 is 15.6 Å². The minimum absolute atomic E-state index is 0.00989. The van der Waals surface area contributed by atoms with Gasteiger partial charge in [0, 0.05) is 10.9 Å². The van der Waals surface area contributed by atoms with E-state index >= 15 is 0 Å². The second-order valence-electron chi connectivity index (χ2n) is 6.54. The maximum Gasteiger partial charge on any atom is 0.276 e. The third kappa shape index (κ3) is 6.11. The van der Waals surface area contributed by atoms with Gasteiger partial charge in [-0.3, -0.25) is 20.4 Å². The first kappa shape index (κ1) is 20.5. The van der Waals surface area contributed by atoms with Gasteiger partial charge in [0.1, 0.15) is 16.6 Å². The van der Waals surface area contributed by atoms with Gasteiger partial charge in [0.05, 0.1) is 12.1 Å². The third-order valence-electron chi connectivity index (χ3n) is 3.87. The van der Waals surface area contributed by atoms with Gasteiger partial charge in [0.15, 0.2) is 6.61 Å². The maximum absolute atomic E-state index is 13.3. The molecule has 150 valence electrons. The molecule has 0 fully saturated rings. The van der Waals surface area contributed by atoms with E-state index in [-0.39, 0.29) is 18.8 Å². The van der Waals surface area contributed by atoms with Crippen molar-refractivity contribution in [3.63, 3.8) is 0 Å². The van der Waals surface area contributed by atoms with Gasteiger partial charge in [-0.25, -0.2) is 9.37 Å².